The topological polar surface area (TPSA) is 95.6 Å². The molecule has 0 atom stereocenters. The first-order valence-corrected chi connectivity index (χ1v) is 9.05. The van der Waals surface area contributed by atoms with Crippen molar-refractivity contribution in [2.24, 2.45) is 0 Å². The second kappa shape index (κ2) is 7.87. The Morgan fingerprint density at radius 1 is 1.11 bits per heavy atom. The highest BCUT2D eigenvalue weighted by molar-refractivity contribution is 5.94. The predicted octanol–water partition coefficient (Wildman–Crippen LogP) is 3.95. The van der Waals surface area contributed by atoms with E-state index in [1.165, 1.54) is 10.9 Å². The molecule has 3 N–H and O–H groups in total. The van der Waals surface area contributed by atoms with Gasteiger partial charge in [-0.3, -0.25) is 4.79 Å². The Morgan fingerprint density at radius 3 is 2.75 bits per heavy atom. The minimum Gasteiger partial charge on any atom is -0.361 e. The number of ketones is 1. The van der Waals surface area contributed by atoms with Gasteiger partial charge in [-0.25, -0.2) is 0 Å². The molecule has 0 unspecified atom stereocenters. The van der Waals surface area contributed by atoms with Crippen LogP contribution in [-0.4, -0.2) is 32.5 Å². The van der Waals surface area contributed by atoms with Crippen molar-refractivity contribution in [3.05, 3.63) is 72.1 Å². The maximum Gasteiger partial charge on any atom is 0.244 e. The van der Waals surface area contributed by atoms with Crippen LogP contribution in [0.5, 0.6) is 0 Å². The lowest BCUT2D eigenvalue weighted by atomic mass is 10.1. The van der Waals surface area contributed by atoms with E-state index < -0.39 is 0 Å². The molecule has 4 rings (SSSR count). The zero-order valence-corrected chi connectivity index (χ0v) is 15.4. The molecule has 7 nitrogen and oxygen atoms in total. The highest BCUT2D eigenvalue weighted by Crippen LogP contribution is 2.18. The van der Waals surface area contributed by atoms with Crippen LogP contribution >= 0.6 is 0 Å². The largest absolute Gasteiger partial charge is 0.361 e. The number of rotatable bonds is 7. The third-order valence-corrected chi connectivity index (χ3v) is 4.48. The molecule has 0 fully saturated rings. The van der Waals surface area contributed by atoms with Gasteiger partial charge < -0.3 is 15.6 Å². The van der Waals surface area contributed by atoms with Crippen molar-refractivity contribution in [2.45, 2.75) is 13.3 Å². The van der Waals surface area contributed by atoms with Crippen LogP contribution in [0.2, 0.25) is 0 Å². The number of Topliss-reactive ketones (excluding diaryl/α,β-unsaturated/α-hetero) is 1. The molecule has 0 saturated carbocycles. The fourth-order valence-electron chi connectivity index (χ4n) is 3.02. The molecule has 0 spiro atoms. The quantitative estimate of drug-likeness (QED) is 0.425. The summed E-state index contributed by atoms with van der Waals surface area (Å²) in [5.74, 6) is 1.09. The minimum absolute atomic E-state index is 0.0388. The molecule has 4 aromatic rings. The van der Waals surface area contributed by atoms with Gasteiger partial charge in [-0.2, -0.15) is 10.1 Å². The van der Waals surface area contributed by atoms with Crippen molar-refractivity contribution in [1.82, 2.24) is 20.2 Å². The number of benzene rings is 2. The van der Waals surface area contributed by atoms with Gasteiger partial charge in [-0.1, -0.05) is 18.2 Å². The molecule has 7 heteroatoms. The van der Waals surface area contributed by atoms with Crippen LogP contribution in [0.4, 0.5) is 17.5 Å². The summed E-state index contributed by atoms with van der Waals surface area (Å²) in [5, 5.41) is 15.6. The maximum absolute atomic E-state index is 11.4. The van der Waals surface area contributed by atoms with Gasteiger partial charge in [0, 0.05) is 34.9 Å². The van der Waals surface area contributed by atoms with E-state index in [1.807, 2.05) is 30.5 Å². The van der Waals surface area contributed by atoms with Gasteiger partial charge in [-0.05, 0) is 49.2 Å². The Kier molecular flexibility index (Phi) is 4.97. The predicted molar refractivity (Wildman–Crippen MR) is 110 cm³/mol. The number of fused-ring (bicyclic) bond motifs is 1. The molecule has 2 aromatic heterocycles. The highest BCUT2D eigenvalue weighted by atomic mass is 16.1. The number of anilines is 3. The SMILES string of the molecule is CC(=O)c1ccc(Nc2cnnc(NCCc3c[nH]c4ccccc34)n2)cc1. The molecule has 2 aromatic carbocycles. The first-order chi connectivity index (χ1) is 13.7. The molecule has 0 bridgehead atoms. The van der Waals surface area contributed by atoms with E-state index in [2.05, 4.69) is 42.9 Å². The normalized spacial score (nSPS) is 10.8. The van der Waals surface area contributed by atoms with Crippen LogP contribution in [0, 0.1) is 0 Å². The third-order valence-electron chi connectivity index (χ3n) is 4.48. The summed E-state index contributed by atoms with van der Waals surface area (Å²) in [7, 11) is 0. The smallest absolute Gasteiger partial charge is 0.244 e. The van der Waals surface area contributed by atoms with Crippen molar-refractivity contribution < 1.29 is 4.79 Å². The van der Waals surface area contributed by atoms with Crippen LogP contribution in [0.1, 0.15) is 22.8 Å². The molecule has 0 aliphatic carbocycles. The van der Waals surface area contributed by atoms with Gasteiger partial charge in [0.15, 0.2) is 11.6 Å². The molecule has 0 saturated heterocycles. The van der Waals surface area contributed by atoms with Crippen molar-refractivity contribution in [2.75, 3.05) is 17.2 Å². The van der Waals surface area contributed by atoms with Crippen molar-refractivity contribution >= 4 is 34.1 Å². The summed E-state index contributed by atoms with van der Waals surface area (Å²) in [6, 6.07) is 15.5. The van der Waals surface area contributed by atoms with Crippen LogP contribution in [0.3, 0.4) is 0 Å². The molecule has 140 valence electrons. The van der Waals surface area contributed by atoms with Gasteiger partial charge in [0.2, 0.25) is 5.95 Å². The Balaban J connectivity index is 1.37. The molecule has 0 aliphatic rings. The fourth-order valence-corrected chi connectivity index (χ4v) is 3.02. The number of aromatic nitrogens is 4. The molecule has 2 heterocycles. The van der Waals surface area contributed by atoms with Crippen molar-refractivity contribution in [1.29, 1.82) is 0 Å². The number of hydrogen-bond acceptors (Lipinski definition) is 6. The van der Waals surface area contributed by atoms with E-state index in [9.17, 15) is 4.79 Å². The maximum atomic E-state index is 11.4. The zero-order valence-electron chi connectivity index (χ0n) is 15.4. The van der Waals surface area contributed by atoms with E-state index in [1.54, 1.807) is 25.3 Å². The lowest BCUT2D eigenvalue weighted by molar-refractivity contribution is 0.101. The van der Waals surface area contributed by atoms with E-state index in [-0.39, 0.29) is 5.78 Å². The Morgan fingerprint density at radius 2 is 1.93 bits per heavy atom. The Labute approximate surface area is 162 Å². The molecular weight excluding hydrogens is 352 g/mol. The molecule has 0 amide bonds. The van der Waals surface area contributed by atoms with Gasteiger partial charge in [-0.15, -0.1) is 5.10 Å². The van der Waals surface area contributed by atoms with Crippen LogP contribution in [-0.2, 0) is 6.42 Å². The first kappa shape index (κ1) is 17.7. The first-order valence-electron chi connectivity index (χ1n) is 9.05. The number of nitrogens with one attached hydrogen (secondary N) is 3. The zero-order chi connectivity index (χ0) is 19.3. The van der Waals surface area contributed by atoms with Crippen molar-refractivity contribution in [3.8, 4) is 0 Å². The number of carbonyl (C=O) groups excluding carboxylic acids is 1. The minimum atomic E-state index is 0.0388. The summed E-state index contributed by atoms with van der Waals surface area (Å²) >= 11 is 0. The second-order valence-corrected chi connectivity index (χ2v) is 6.46. The highest BCUT2D eigenvalue weighted by Gasteiger charge is 2.05. The summed E-state index contributed by atoms with van der Waals surface area (Å²) < 4.78 is 0. The lowest BCUT2D eigenvalue weighted by Crippen LogP contribution is -2.09. The Bertz CT molecular complexity index is 1100. The van der Waals surface area contributed by atoms with Gasteiger partial charge in [0.1, 0.15) is 0 Å². The number of hydrogen-bond donors (Lipinski definition) is 3. The monoisotopic (exact) mass is 372 g/mol. The standard InChI is InChI=1S/C21H20N6O/c1-14(28)15-6-8-17(9-7-15)25-20-13-24-27-21(26-20)22-11-10-16-12-23-19-5-3-2-4-18(16)19/h2-9,12-13,23H,10-11H2,1H3,(H2,22,25,26,27). The van der Waals surface area contributed by atoms with Gasteiger partial charge in [0.05, 0.1) is 6.20 Å². The van der Waals surface area contributed by atoms with Gasteiger partial charge in [0.25, 0.3) is 0 Å². The van der Waals surface area contributed by atoms with Crippen molar-refractivity contribution in [3.63, 3.8) is 0 Å². The fraction of sp³-hybridized carbons (Fsp3) is 0.143. The number of para-hydroxylation sites is 1. The number of H-pyrrole nitrogens is 1. The van der Waals surface area contributed by atoms with Crippen LogP contribution in [0.25, 0.3) is 10.9 Å². The van der Waals surface area contributed by atoms with Gasteiger partial charge >= 0.3 is 0 Å². The lowest BCUT2D eigenvalue weighted by Gasteiger charge is -2.08. The Hall–Kier alpha value is -3.74. The van der Waals surface area contributed by atoms with Crippen LogP contribution < -0.4 is 10.6 Å². The summed E-state index contributed by atoms with van der Waals surface area (Å²) in [6.07, 6.45) is 4.44. The number of carbonyl (C=O) groups is 1. The second-order valence-electron chi connectivity index (χ2n) is 6.46. The van der Waals surface area contributed by atoms with E-state index in [4.69, 9.17) is 0 Å². The number of nitrogens with zero attached hydrogens (tertiary/aromatic N) is 3. The average molecular weight is 372 g/mol. The average Bonchev–Trinajstić information content (AvgIpc) is 3.12. The van der Waals surface area contributed by atoms with E-state index in [0.717, 1.165) is 17.6 Å². The third kappa shape index (κ3) is 3.98. The van der Waals surface area contributed by atoms with Crippen LogP contribution in [0.15, 0.2) is 60.9 Å². The molecule has 0 aliphatic heterocycles. The summed E-state index contributed by atoms with van der Waals surface area (Å²) in [5.41, 5.74) is 3.88. The molecule has 0 radical (unpaired) electrons. The molecular formula is C21H20N6O. The molecule has 28 heavy (non-hydrogen) atoms. The van der Waals surface area contributed by atoms with E-state index >= 15 is 0 Å². The summed E-state index contributed by atoms with van der Waals surface area (Å²) in [4.78, 5) is 19.1. The van der Waals surface area contributed by atoms with E-state index in [0.29, 0.717) is 23.9 Å². The summed E-state index contributed by atoms with van der Waals surface area (Å²) in [6.45, 7) is 2.24. The number of aromatic amines is 1.